The molecule has 0 aromatic heterocycles. The van der Waals surface area contributed by atoms with Gasteiger partial charge in [-0.2, -0.15) is 0 Å². The van der Waals surface area contributed by atoms with E-state index < -0.39 is 7.12 Å². The van der Waals surface area contributed by atoms with Crippen molar-refractivity contribution in [1.82, 2.24) is 0 Å². The molecular weight excluding hydrogens is 251 g/mol. The maximum Gasteiger partial charge on any atom is 0.523 e. The Bertz CT molecular complexity index is 728. The molecular formula is C16H13BO3. The van der Waals surface area contributed by atoms with Crippen LogP contribution in [0.1, 0.15) is 0 Å². The van der Waals surface area contributed by atoms with Crippen LogP contribution in [0.2, 0.25) is 0 Å². The van der Waals surface area contributed by atoms with Crippen molar-refractivity contribution < 1.29 is 15.1 Å². The van der Waals surface area contributed by atoms with Crippen LogP contribution in [0.5, 0.6) is 0 Å². The highest BCUT2D eigenvalue weighted by atomic mass is 17.1. The van der Waals surface area contributed by atoms with E-state index in [-0.39, 0.29) is 0 Å². The first-order valence-corrected chi connectivity index (χ1v) is 6.36. The summed E-state index contributed by atoms with van der Waals surface area (Å²) in [5.41, 5.74) is 2.73. The van der Waals surface area contributed by atoms with Crippen LogP contribution in [0.25, 0.3) is 21.9 Å². The van der Waals surface area contributed by atoms with Crippen molar-refractivity contribution >= 4 is 23.4 Å². The van der Waals surface area contributed by atoms with E-state index in [2.05, 4.69) is 4.81 Å². The van der Waals surface area contributed by atoms with Crippen molar-refractivity contribution in [3.8, 4) is 11.1 Å². The number of benzene rings is 3. The Hall–Kier alpha value is -2.14. The predicted octanol–water partition coefficient (Wildman–Crippen LogP) is 2.68. The second-order valence-electron chi connectivity index (χ2n) is 4.57. The van der Waals surface area contributed by atoms with Gasteiger partial charge < -0.3 is 5.02 Å². The highest BCUT2D eigenvalue weighted by molar-refractivity contribution is 6.63. The maximum atomic E-state index is 9.72. The molecule has 0 aliphatic rings. The molecule has 2 N–H and O–H groups in total. The first kappa shape index (κ1) is 12.9. The first-order chi connectivity index (χ1) is 9.81. The summed E-state index contributed by atoms with van der Waals surface area (Å²) in [6, 6.07) is 21.5. The maximum absolute atomic E-state index is 9.72. The second kappa shape index (κ2) is 5.47. The topological polar surface area (TPSA) is 49.7 Å². The quantitative estimate of drug-likeness (QED) is 0.434. The number of fused-ring (bicyclic) bond motifs is 1. The highest BCUT2D eigenvalue weighted by Crippen LogP contribution is 2.27. The molecule has 3 nitrogen and oxygen atoms in total. The third-order valence-corrected chi connectivity index (χ3v) is 3.41. The number of rotatable bonds is 3. The van der Waals surface area contributed by atoms with Gasteiger partial charge in [-0.05, 0) is 27.4 Å². The second-order valence-corrected chi connectivity index (χ2v) is 4.57. The molecule has 0 saturated carbocycles. The summed E-state index contributed by atoms with van der Waals surface area (Å²) in [6.07, 6.45) is 0. The number of hydrogen-bond donors (Lipinski definition) is 2. The molecule has 0 heterocycles. The summed E-state index contributed by atoms with van der Waals surface area (Å²) in [6.45, 7) is 0. The fourth-order valence-corrected chi connectivity index (χ4v) is 2.46. The van der Waals surface area contributed by atoms with Gasteiger partial charge in [0.1, 0.15) is 0 Å². The fraction of sp³-hybridized carbons (Fsp3) is 0. The van der Waals surface area contributed by atoms with Crippen LogP contribution in [-0.2, 0) is 4.81 Å². The lowest BCUT2D eigenvalue weighted by Crippen LogP contribution is -2.33. The lowest BCUT2D eigenvalue weighted by Gasteiger charge is -2.12. The first-order valence-electron chi connectivity index (χ1n) is 6.36. The molecule has 0 fully saturated rings. The van der Waals surface area contributed by atoms with Gasteiger partial charge in [-0.3, -0.25) is 10.1 Å². The molecule has 0 radical (unpaired) electrons. The molecule has 0 aliphatic heterocycles. The van der Waals surface area contributed by atoms with Gasteiger partial charge in [0.25, 0.3) is 0 Å². The third-order valence-electron chi connectivity index (χ3n) is 3.41. The van der Waals surface area contributed by atoms with Crippen LogP contribution >= 0.6 is 0 Å². The van der Waals surface area contributed by atoms with Crippen LogP contribution < -0.4 is 5.46 Å². The highest BCUT2D eigenvalue weighted by Gasteiger charge is 2.20. The number of hydrogen-bond acceptors (Lipinski definition) is 3. The average molecular weight is 264 g/mol. The Labute approximate surface area is 117 Å². The molecule has 98 valence electrons. The Kier molecular flexibility index (Phi) is 3.52. The lowest BCUT2D eigenvalue weighted by molar-refractivity contribution is -0.154. The summed E-state index contributed by atoms with van der Waals surface area (Å²) in [4.78, 5) is 4.05. The van der Waals surface area contributed by atoms with Gasteiger partial charge in [-0.25, -0.2) is 0 Å². The van der Waals surface area contributed by atoms with Gasteiger partial charge in [0.15, 0.2) is 0 Å². The van der Waals surface area contributed by atoms with E-state index in [9.17, 15) is 5.02 Å². The smallest absolute Gasteiger partial charge is 0.422 e. The van der Waals surface area contributed by atoms with Crippen molar-refractivity contribution in [1.29, 1.82) is 0 Å². The minimum Gasteiger partial charge on any atom is -0.422 e. The molecule has 0 bridgehead atoms. The minimum absolute atomic E-state index is 0.544. The molecule has 3 aromatic carbocycles. The van der Waals surface area contributed by atoms with E-state index in [0.717, 1.165) is 21.9 Å². The van der Waals surface area contributed by atoms with E-state index in [0.29, 0.717) is 5.46 Å². The predicted molar refractivity (Wildman–Crippen MR) is 80.7 cm³/mol. The Morgan fingerprint density at radius 3 is 2.10 bits per heavy atom. The molecule has 0 unspecified atom stereocenters. The SMILES string of the molecule is OOB(O)c1ccc(-c2ccccc2)c2ccccc12. The van der Waals surface area contributed by atoms with Gasteiger partial charge in [0.05, 0.1) is 0 Å². The lowest BCUT2D eigenvalue weighted by atomic mass is 9.76. The average Bonchev–Trinajstić information content (AvgIpc) is 2.54. The standard InChI is InChI=1S/C16H13BO3/c18-17(20-19)16-11-10-13(12-6-2-1-3-7-12)14-8-4-5-9-15(14)16/h1-11,18-19H. The molecule has 0 aliphatic carbocycles. The van der Waals surface area contributed by atoms with Gasteiger partial charge in [0, 0.05) is 0 Å². The molecule has 4 heteroatoms. The largest absolute Gasteiger partial charge is 0.523 e. The van der Waals surface area contributed by atoms with Crippen molar-refractivity contribution in [3.63, 3.8) is 0 Å². The van der Waals surface area contributed by atoms with E-state index in [1.54, 1.807) is 6.07 Å². The van der Waals surface area contributed by atoms with E-state index in [4.69, 9.17) is 5.26 Å². The molecule has 0 amide bonds. The monoisotopic (exact) mass is 264 g/mol. The molecule has 0 saturated heterocycles. The molecule has 0 atom stereocenters. The Balaban J connectivity index is 2.27. The van der Waals surface area contributed by atoms with Crippen molar-refractivity contribution in [2.24, 2.45) is 0 Å². The van der Waals surface area contributed by atoms with E-state index in [1.165, 1.54) is 0 Å². The third kappa shape index (κ3) is 2.21. The zero-order valence-corrected chi connectivity index (χ0v) is 10.7. The van der Waals surface area contributed by atoms with Gasteiger partial charge in [-0.1, -0.05) is 66.7 Å². The van der Waals surface area contributed by atoms with Gasteiger partial charge >= 0.3 is 7.12 Å². The molecule has 3 aromatic rings. The summed E-state index contributed by atoms with van der Waals surface area (Å²) >= 11 is 0. The van der Waals surface area contributed by atoms with Crippen molar-refractivity contribution in [2.45, 2.75) is 0 Å². The Morgan fingerprint density at radius 1 is 0.750 bits per heavy atom. The van der Waals surface area contributed by atoms with Gasteiger partial charge in [0.2, 0.25) is 0 Å². The summed E-state index contributed by atoms with van der Waals surface area (Å²) < 4.78 is 0. The summed E-state index contributed by atoms with van der Waals surface area (Å²) in [7, 11) is -1.34. The van der Waals surface area contributed by atoms with E-state index in [1.807, 2.05) is 60.7 Å². The summed E-state index contributed by atoms with van der Waals surface area (Å²) in [5.74, 6) is 0. The van der Waals surface area contributed by atoms with Crippen LogP contribution in [0.15, 0.2) is 66.7 Å². The molecule has 3 rings (SSSR count). The normalized spacial score (nSPS) is 10.7. The minimum atomic E-state index is -1.34. The molecule has 20 heavy (non-hydrogen) atoms. The van der Waals surface area contributed by atoms with Crippen molar-refractivity contribution in [3.05, 3.63) is 66.7 Å². The fourth-order valence-electron chi connectivity index (χ4n) is 2.46. The van der Waals surface area contributed by atoms with Gasteiger partial charge in [-0.15, -0.1) is 0 Å². The zero-order chi connectivity index (χ0) is 13.9. The van der Waals surface area contributed by atoms with E-state index >= 15 is 0 Å². The molecule has 0 spiro atoms. The zero-order valence-electron chi connectivity index (χ0n) is 10.7. The van der Waals surface area contributed by atoms with Crippen LogP contribution in [0, 0.1) is 0 Å². The summed E-state index contributed by atoms with van der Waals surface area (Å²) in [5, 5.41) is 20.3. The van der Waals surface area contributed by atoms with Crippen LogP contribution in [-0.4, -0.2) is 17.4 Å². The van der Waals surface area contributed by atoms with Crippen molar-refractivity contribution in [2.75, 3.05) is 0 Å². The Morgan fingerprint density at radius 2 is 1.40 bits per heavy atom. The van der Waals surface area contributed by atoms with Crippen LogP contribution in [0.3, 0.4) is 0 Å². The van der Waals surface area contributed by atoms with Crippen LogP contribution in [0.4, 0.5) is 0 Å².